The van der Waals surface area contributed by atoms with Crippen molar-refractivity contribution in [2.24, 2.45) is 0 Å². The summed E-state index contributed by atoms with van der Waals surface area (Å²) in [6, 6.07) is 7.72. The zero-order valence-corrected chi connectivity index (χ0v) is 20.5. The van der Waals surface area contributed by atoms with Crippen LogP contribution in [0.15, 0.2) is 47.4 Å². The molecular formula is C24H25F3N2O6S. The normalized spacial score (nSPS) is 20.4. The van der Waals surface area contributed by atoms with Gasteiger partial charge in [0.05, 0.1) is 4.90 Å². The van der Waals surface area contributed by atoms with E-state index in [2.05, 4.69) is 5.32 Å². The molecule has 8 nitrogen and oxygen atoms in total. The molecule has 1 aliphatic heterocycles. The van der Waals surface area contributed by atoms with Crippen LogP contribution in [0.1, 0.15) is 42.5 Å². The van der Waals surface area contributed by atoms with E-state index in [0.29, 0.717) is 30.9 Å². The third-order valence-corrected chi connectivity index (χ3v) is 7.86. The number of benzene rings is 2. The monoisotopic (exact) mass is 526 g/mol. The predicted molar refractivity (Wildman–Crippen MR) is 123 cm³/mol. The van der Waals surface area contributed by atoms with Crippen molar-refractivity contribution >= 4 is 27.3 Å². The predicted octanol–water partition coefficient (Wildman–Crippen LogP) is 3.06. The van der Waals surface area contributed by atoms with Crippen LogP contribution in [0.4, 0.5) is 18.9 Å². The van der Waals surface area contributed by atoms with E-state index in [-0.39, 0.29) is 17.1 Å². The molecule has 0 bridgehead atoms. The van der Waals surface area contributed by atoms with Gasteiger partial charge in [0.25, 0.3) is 11.8 Å². The molecule has 1 heterocycles. The van der Waals surface area contributed by atoms with Crippen LogP contribution in [-0.2, 0) is 36.3 Å². The summed E-state index contributed by atoms with van der Waals surface area (Å²) in [5.74, 6) is -1.03. The number of alkyl halides is 3. The SMILES string of the molecule is COC1(C(=O)N2Cc3cc(S(C)(=O)=O)ccc3C2C(=O)Nc2ccc(C(C)(O)C(F)(F)F)cc2)CC1. The molecule has 194 valence electrons. The molecule has 1 aliphatic carbocycles. The van der Waals surface area contributed by atoms with Crippen molar-refractivity contribution < 1.29 is 41.0 Å². The topological polar surface area (TPSA) is 113 Å². The molecule has 2 amide bonds. The quantitative estimate of drug-likeness (QED) is 0.598. The van der Waals surface area contributed by atoms with Crippen LogP contribution in [0, 0.1) is 0 Å². The smallest absolute Gasteiger partial charge is 0.376 e. The number of amides is 2. The largest absolute Gasteiger partial charge is 0.421 e. The van der Waals surface area contributed by atoms with Crippen LogP contribution in [0.2, 0.25) is 0 Å². The van der Waals surface area contributed by atoms with Crippen molar-refractivity contribution in [1.82, 2.24) is 4.90 Å². The number of rotatable bonds is 6. The number of nitrogens with one attached hydrogen (secondary N) is 1. The average molecular weight is 527 g/mol. The van der Waals surface area contributed by atoms with E-state index >= 15 is 0 Å². The van der Waals surface area contributed by atoms with Crippen molar-refractivity contribution in [3.63, 3.8) is 0 Å². The fourth-order valence-corrected chi connectivity index (χ4v) is 4.94. The lowest BCUT2D eigenvalue weighted by Gasteiger charge is -2.28. The highest BCUT2D eigenvalue weighted by atomic mass is 32.2. The lowest BCUT2D eigenvalue weighted by molar-refractivity contribution is -0.258. The lowest BCUT2D eigenvalue weighted by atomic mass is 9.95. The van der Waals surface area contributed by atoms with E-state index in [9.17, 15) is 36.3 Å². The number of aliphatic hydroxyl groups is 1. The van der Waals surface area contributed by atoms with Crippen LogP contribution in [0.5, 0.6) is 0 Å². The molecule has 2 aromatic carbocycles. The molecule has 2 atom stereocenters. The van der Waals surface area contributed by atoms with Gasteiger partial charge in [-0.25, -0.2) is 8.42 Å². The van der Waals surface area contributed by atoms with Crippen molar-refractivity contribution in [3.8, 4) is 0 Å². The maximum Gasteiger partial charge on any atom is 0.421 e. The molecule has 4 rings (SSSR count). The van der Waals surface area contributed by atoms with Crippen molar-refractivity contribution in [3.05, 3.63) is 59.2 Å². The minimum absolute atomic E-state index is 0.00584. The fourth-order valence-electron chi connectivity index (χ4n) is 4.26. The second-order valence-electron chi connectivity index (χ2n) is 9.30. The van der Waals surface area contributed by atoms with Crippen LogP contribution in [0.3, 0.4) is 0 Å². The van der Waals surface area contributed by atoms with Crippen LogP contribution in [-0.4, -0.2) is 55.4 Å². The van der Waals surface area contributed by atoms with E-state index in [4.69, 9.17) is 4.74 Å². The van der Waals surface area contributed by atoms with Gasteiger partial charge in [-0.1, -0.05) is 18.2 Å². The molecule has 2 unspecified atom stereocenters. The summed E-state index contributed by atoms with van der Waals surface area (Å²) in [5, 5.41) is 12.5. The maximum atomic E-state index is 13.4. The first-order valence-electron chi connectivity index (χ1n) is 11.0. The molecule has 1 saturated carbocycles. The molecule has 0 aromatic heterocycles. The molecule has 2 aliphatic rings. The standard InChI is InChI=1S/C24H25F3N2O6S/c1-22(32,24(25,26)27)15-4-6-16(7-5-15)28-20(30)19-18-9-8-17(36(3,33)34)12-14(18)13-29(19)21(31)23(35-2)10-11-23/h4-9,12,19,32H,10-11,13H2,1-3H3,(H,28,30). The fraction of sp³-hybridized carbons (Fsp3) is 0.417. The lowest BCUT2D eigenvalue weighted by Crippen LogP contribution is -2.44. The van der Waals surface area contributed by atoms with Crippen LogP contribution in [0.25, 0.3) is 0 Å². The van der Waals surface area contributed by atoms with Gasteiger partial charge < -0.3 is 20.1 Å². The zero-order valence-electron chi connectivity index (χ0n) is 19.7. The van der Waals surface area contributed by atoms with Crippen molar-refractivity contribution in [2.45, 2.75) is 54.6 Å². The molecule has 1 fully saturated rings. The van der Waals surface area contributed by atoms with Gasteiger partial charge in [0, 0.05) is 25.6 Å². The summed E-state index contributed by atoms with van der Waals surface area (Å²) < 4.78 is 68.8. The van der Waals surface area contributed by atoms with Gasteiger partial charge in [-0.2, -0.15) is 13.2 Å². The van der Waals surface area contributed by atoms with Gasteiger partial charge in [0.2, 0.25) is 0 Å². The Bertz CT molecular complexity index is 1320. The summed E-state index contributed by atoms with van der Waals surface area (Å²) in [5.41, 5.74) is -3.42. The Hall–Kier alpha value is -2.96. The van der Waals surface area contributed by atoms with Gasteiger partial charge in [0.15, 0.2) is 15.4 Å². The van der Waals surface area contributed by atoms with Crippen LogP contribution < -0.4 is 5.32 Å². The Morgan fingerprint density at radius 3 is 2.25 bits per heavy atom. The van der Waals surface area contributed by atoms with E-state index in [0.717, 1.165) is 18.4 Å². The summed E-state index contributed by atoms with van der Waals surface area (Å²) in [4.78, 5) is 28.0. The third-order valence-electron chi connectivity index (χ3n) is 6.75. The number of methoxy groups -OCH3 is 1. The Morgan fingerprint density at radius 2 is 1.75 bits per heavy atom. The highest BCUT2D eigenvalue weighted by molar-refractivity contribution is 7.90. The summed E-state index contributed by atoms with van der Waals surface area (Å²) in [6.45, 7) is 0.627. The third kappa shape index (κ3) is 4.48. The number of sulfone groups is 1. The molecular weight excluding hydrogens is 501 g/mol. The summed E-state index contributed by atoms with van der Waals surface area (Å²) in [7, 11) is -2.12. The average Bonchev–Trinajstić information content (AvgIpc) is 3.50. The van der Waals surface area contributed by atoms with Gasteiger partial charge >= 0.3 is 6.18 Å². The van der Waals surface area contributed by atoms with Crippen LogP contribution >= 0.6 is 0 Å². The number of fused-ring (bicyclic) bond motifs is 1. The van der Waals surface area contributed by atoms with Gasteiger partial charge in [0.1, 0.15) is 11.6 Å². The second kappa shape index (κ2) is 8.56. The van der Waals surface area contributed by atoms with E-state index in [1.165, 1.54) is 42.3 Å². The Balaban J connectivity index is 1.64. The van der Waals surface area contributed by atoms with E-state index in [1.54, 1.807) is 0 Å². The maximum absolute atomic E-state index is 13.4. The second-order valence-corrected chi connectivity index (χ2v) is 11.3. The van der Waals surface area contributed by atoms with Crippen molar-refractivity contribution in [2.75, 3.05) is 18.7 Å². The first-order valence-corrected chi connectivity index (χ1v) is 12.9. The van der Waals surface area contributed by atoms with Gasteiger partial charge in [-0.3, -0.25) is 9.59 Å². The minimum Gasteiger partial charge on any atom is -0.376 e. The van der Waals surface area contributed by atoms with Gasteiger partial charge in [-0.15, -0.1) is 0 Å². The first-order chi connectivity index (χ1) is 16.6. The highest BCUT2D eigenvalue weighted by Gasteiger charge is 2.55. The number of halogens is 3. The zero-order chi connectivity index (χ0) is 26.7. The summed E-state index contributed by atoms with van der Waals surface area (Å²) in [6.07, 6.45) is -2.87. The van der Waals surface area contributed by atoms with Gasteiger partial charge in [-0.05, 0) is 60.7 Å². The van der Waals surface area contributed by atoms with E-state index < -0.39 is 50.6 Å². The molecule has 0 saturated heterocycles. The Labute approximate surface area is 206 Å². The Morgan fingerprint density at radius 1 is 1.14 bits per heavy atom. The number of hydrogen-bond acceptors (Lipinski definition) is 6. The molecule has 36 heavy (non-hydrogen) atoms. The molecule has 12 heteroatoms. The number of ether oxygens (including phenoxy) is 1. The number of nitrogens with zero attached hydrogens (tertiary/aromatic N) is 1. The number of carbonyl (C=O) groups excluding carboxylic acids is 2. The van der Waals surface area contributed by atoms with Crippen molar-refractivity contribution in [1.29, 1.82) is 0 Å². The first kappa shape index (κ1) is 26.1. The number of hydrogen-bond donors (Lipinski definition) is 2. The summed E-state index contributed by atoms with van der Waals surface area (Å²) >= 11 is 0. The molecule has 0 spiro atoms. The molecule has 2 N–H and O–H groups in total. The van der Waals surface area contributed by atoms with E-state index in [1.807, 2.05) is 0 Å². The Kier molecular flexibility index (Phi) is 6.21. The number of carbonyl (C=O) groups is 2. The number of anilines is 1. The minimum atomic E-state index is -4.89. The molecule has 0 radical (unpaired) electrons. The highest BCUT2D eigenvalue weighted by Crippen LogP contribution is 2.45. The molecule has 2 aromatic rings.